The molecule has 2 amide bonds. The Morgan fingerprint density at radius 2 is 0.906 bits per heavy atom. The molecule has 0 aromatic heterocycles. The first-order valence-corrected chi connectivity index (χ1v) is 17.3. The van der Waals surface area contributed by atoms with Gasteiger partial charge >= 0.3 is 12.2 Å². The van der Waals surface area contributed by atoms with Crippen LogP contribution in [0, 0.1) is 0 Å². The molecule has 0 saturated heterocycles. The molecule has 4 N–H and O–H groups in total. The fourth-order valence-electron chi connectivity index (χ4n) is 5.96. The first-order chi connectivity index (χ1) is 25.6. The number of ether oxygens (including phenoxy) is 3. The number of phenolic OH excluding ortho intramolecular Hbond substituents is 2. The number of phenols is 2. The fraction of sp³-hybridized carbons (Fsp3) is 0.136. The summed E-state index contributed by atoms with van der Waals surface area (Å²) in [4.78, 5) is 26.4. The van der Waals surface area contributed by atoms with Crippen molar-refractivity contribution in [3.63, 3.8) is 0 Å². The summed E-state index contributed by atoms with van der Waals surface area (Å²) in [6.45, 7) is 7.92. The van der Waals surface area contributed by atoms with Gasteiger partial charge in [0.2, 0.25) is 0 Å². The lowest BCUT2D eigenvalue weighted by Gasteiger charge is -2.21. The summed E-state index contributed by atoms with van der Waals surface area (Å²) in [6, 6.07) is 38.5. The molecule has 6 aromatic carbocycles. The van der Waals surface area contributed by atoms with Gasteiger partial charge in [-0.15, -0.1) is 0 Å². The van der Waals surface area contributed by atoms with E-state index in [4.69, 9.17) is 14.2 Å². The number of rotatable bonds is 10. The summed E-state index contributed by atoms with van der Waals surface area (Å²) in [6.07, 6.45) is -1.40. The van der Waals surface area contributed by atoms with Crippen LogP contribution in [0.1, 0.15) is 50.7 Å². The van der Waals surface area contributed by atoms with E-state index < -0.39 is 12.2 Å². The molecule has 9 nitrogen and oxygen atoms in total. The van der Waals surface area contributed by atoms with Crippen LogP contribution in [0.15, 0.2) is 133 Å². The number of nitrogens with one attached hydrogen (secondary N) is 2. The number of hydrogen-bond acceptors (Lipinski definition) is 7. The molecule has 9 heteroatoms. The minimum absolute atomic E-state index is 0.00265. The minimum Gasteiger partial charge on any atom is -0.508 e. The molecule has 53 heavy (non-hydrogen) atoms. The minimum atomic E-state index is -0.702. The molecule has 0 aliphatic heterocycles. The van der Waals surface area contributed by atoms with Crippen molar-refractivity contribution in [1.82, 2.24) is 0 Å². The maximum absolute atomic E-state index is 13.2. The smallest absolute Gasteiger partial charge is 0.417 e. The van der Waals surface area contributed by atoms with Crippen LogP contribution in [0.5, 0.6) is 34.5 Å². The molecule has 268 valence electrons. The van der Waals surface area contributed by atoms with Gasteiger partial charge < -0.3 is 24.4 Å². The van der Waals surface area contributed by atoms with E-state index in [1.54, 1.807) is 109 Å². The van der Waals surface area contributed by atoms with E-state index in [2.05, 4.69) is 10.6 Å². The third-order valence-electron chi connectivity index (χ3n) is 8.53. The van der Waals surface area contributed by atoms with E-state index in [0.717, 1.165) is 0 Å². The van der Waals surface area contributed by atoms with Crippen molar-refractivity contribution >= 4 is 23.6 Å². The summed E-state index contributed by atoms with van der Waals surface area (Å²) in [5.74, 6) is 1.79. The Morgan fingerprint density at radius 3 is 1.28 bits per heavy atom. The molecule has 0 heterocycles. The molecule has 0 aliphatic rings. The number of carbonyl (C=O) groups is 2. The van der Waals surface area contributed by atoms with Gasteiger partial charge in [0.25, 0.3) is 0 Å². The first-order valence-electron chi connectivity index (χ1n) is 17.3. The van der Waals surface area contributed by atoms with E-state index in [0.29, 0.717) is 67.8 Å². The molecular weight excluding hydrogens is 668 g/mol. The topological polar surface area (TPSA) is 126 Å². The van der Waals surface area contributed by atoms with E-state index in [1.165, 1.54) is 0 Å². The standard InChI is InChI=1S/C44H40N2O7/c1-27(2)33-25-29(21-23-37(33)47)41-35(45-43(49)51-31-13-7-5-8-14-31)17-11-19-39(41)53-40-20-12-18-36(46-44(50)52-32-15-9-6-10-16-32)42(40)30-22-24-38(48)34(26-30)28(3)4/h5-28,47-48H,1-4H3,(H,45,49)(H,46,50). The van der Waals surface area contributed by atoms with Gasteiger partial charge in [-0.2, -0.15) is 0 Å². The molecule has 0 unspecified atom stereocenters. The Bertz CT molecular complexity index is 2080. The summed E-state index contributed by atoms with van der Waals surface area (Å²) < 4.78 is 17.9. The molecule has 0 fully saturated rings. The van der Waals surface area contributed by atoms with Gasteiger partial charge in [-0.25, -0.2) is 9.59 Å². The average molecular weight is 709 g/mol. The monoisotopic (exact) mass is 708 g/mol. The highest BCUT2D eigenvalue weighted by atomic mass is 16.6. The average Bonchev–Trinajstić information content (AvgIpc) is 3.13. The second-order valence-corrected chi connectivity index (χ2v) is 13.0. The molecule has 0 saturated carbocycles. The van der Waals surface area contributed by atoms with Crippen molar-refractivity contribution in [3.8, 4) is 56.8 Å². The van der Waals surface area contributed by atoms with Gasteiger partial charge in [0, 0.05) is 11.1 Å². The number of carbonyl (C=O) groups excluding carboxylic acids is 2. The third-order valence-corrected chi connectivity index (χ3v) is 8.53. The second-order valence-electron chi connectivity index (χ2n) is 13.0. The quantitative estimate of drug-likeness (QED) is 0.112. The highest BCUT2D eigenvalue weighted by Crippen LogP contribution is 2.46. The van der Waals surface area contributed by atoms with Crippen molar-refractivity contribution < 1.29 is 34.0 Å². The van der Waals surface area contributed by atoms with Crippen LogP contribution in [-0.4, -0.2) is 22.4 Å². The lowest BCUT2D eigenvalue weighted by Crippen LogP contribution is -2.17. The SMILES string of the molecule is CC(C)c1cc(-c2c(NC(=O)Oc3ccccc3)cccc2Oc2cccc(NC(=O)Oc3ccccc3)c2-c2ccc(O)c(C(C)C)c2)ccc1O. The van der Waals surface area contributed by atoms with Gasteiger partial charge in [0.1, 0.15) is 34.5 Å². The lowest BCUT2D eigenvalue weighted by molar-refractivity contribution is 0.214. The summed E-state index contributed by atoms with van der Waals surface area (Å²) >= 11 is 0. The molecular formula is C44H40N2O7. The maximum atomic E-state index is 13.2. The van der Waals surface area contributed by atoms with Gasteiger partial charge in [0.05, 0.1) is 11.4 Å². The van der Waals surface area contributed by atoms with Gasteiger partial charge in [0.15, 0.2) is 0 Å². The Labute approximate surface area is 308 Å². The van der Waals surface area contributed by atoms with Crippen molar-refractivity contribution in [1.29, 1.82) is 0 Å². The van der Waals surface area contributed by atoms with Crippen LogP contribution in [-0.2, 0) is 0 Å². The number of hydrogen-bond donors (Lipinski definition) is 4. The summed E-state index contributed by atoms with van der Waals surface area (Å²) in [5.41, 5.74) is 4.63. The second kappa shape index (κ2) is 16.1. The molecule has 0 bridgehead atoms. The van der Waals surface area contributed by atoms with E-state index in [9.17, 15) is 19.8 Å². The highest BCUT2D eigenvalue weighted by molar-refractivity contribution is 5.97. The van der Waals surface area contributed by atoms with E-state index in [-0.39, 0.29) is 23.3 Å². The van der Waals surface area contributed by atoms with Crippen molar-refractivity contribution in [2.75, 3.05) is 10.6 Å². The first kappa shape index (κ1) is 36.1. The van der Waals surface area contributed by atoms with Crippen LogP contribution in [0.2, 0.25) is 0 Å². The number of anilines is 2. The largest absolute Gasteiger partial charge is 0.508 e. The zero-order valence-corrected chi connectivity index (χ0v) is 29.8. The van der Waals surface area contributed by atoms with Crippen LogP contribution in [0.4, 0.5) is 21.0 Å². The molecule has 0 aliphatic carbocycles. The summed E-state index contributed by atoms with van der Waals surface area (Å²) in [7, 11) is 0. The zero-order valence-electron chi connectivity index (χ0n) is 29.8. The third kappa shape index (κ3) is 8.60. The number of benzene rings is 6. The van der Waals surface area contributed by atoms with Crippen LogP contribution in [0.25, 0.3) is 22.3 Å². The van der Waals surface area contributed by atoms with Crippen LogP contribution in [0.3, 0.4) is 0 Å². The van der Waals surface area contributed by atoms with Gasteiger partial charge in [-0.1, -0.05) is 88.4 Å². The predicted molar refractivity (Wildman–Crippen MR) is 208 cm³/mol. The summed E-state index contributed by atoms with van der Waals surface area (Å²) in [5, 5.41) is 27.1. The molecule has 0 atom stereocenters. The highest BCUT2D eigenvalue weighted by Gasteiger charge is 2.22. The number of aromatic hydroxyl groups is 2. The van der Waals surface area contributed by atoms with Crippen molar-refractivity contribution in [3.05, 3.63) is 145 Å². The Balaban J connectivity index is 1.47. The lowest BCUT2D eigenvalue weighted by atomic mass is 9.94. The normalized spacial score (nSPS) is 10.9. The zero-order chi connectivity index (χ0) is 37.5. The Kier molecular flexibility index (Phi) is 10.9. The number of amides is 2. The predicted octanol–water partition coefficient (Wildman–Crippen LogP) is 11.7. The Morgan fingerprint density at radius 1 is 0.509 bits per heavy atom. The van der Waals surface area contributed by atoms with Gasteiger partial charge in [-0.3, -0.25) is 10.6 Å². The molecule has 6 rings (SSSR count). The molecule has 6 aromatic rings. The number of para-hydroxylation sites is 2. The van der Waals surface area contributed by atoms with E-state index in [1.807, 2.05) is 52.0 Å². The Hall–Kier alpha value is -6.74. The fourth-order valence-corrected chi connectivity index (χ4v) is 5.96. The van der Waals surface area contributed by atoms with Crippen molar-refractivity contribution in [2.24, 2.45) is 0 Å². The van der Waals surface area contributed by atoms with Gasteiger partial charge in [-0.05, 0) is 107 Å². The van der Waals surface area contributed by atoms with E-state index >= 15 is 0 Å². The van der Waals surface area contributed by atoms with Crippen molar-refractivity contribution in [2.45, 2.75) is 39.5 Å². The maximum Gasteiger partial charge on any atom is 0.417 e. The molecule has 0 spiro atoms. The molecule has 0 radical (unpaired) electrons. The van der Waals surface area contributed by atoms with Crippen LogP contribution < -0.4 is 24.8 Å². The van der Waals surface area contributed by atoms with Crippen LogP contribution >= 0.6 is 0 Å².